The second-order valence-corrected chi connectivity index (χ2v) is 5.03. The molecule has 2 rings (SSSR count). The molecule has 0 saturated carbocycles. The Morgan fingerprint density at radius 3 is 2.81 bits per heavy atom. The van der Waals surface area contributed by atoms with Crippen molar-refractivity contribution in [3.05, 3.63) is 34.4 Å². The van der Waals surface area contributed by atoms with E-state index in [1.807, 2.05) is 13.0 Å². The summed E-state index contributed by atoms with van der Waals surface area (Å²) < 4.78 is 3.29. The van der Waals surface area contributed by atoms with Crippen LogP contribution in [0.2, 0.25) is 0 Å². The second kappa shape index (κ2) is 4.60. The van der Waals surface area contributed by atoms with Crippen molar-refractivity contribution in [2.24, 2.45) is 0 Å². The van der Waals surface area contributed by atoms with Crippen LogP contribution in [-0.2, 0) is 6.54 Å². The predicted molar refractivity (Wildman–Crippen MR) is 70.6 cm³/mol. The van der Waals surface area contributed by atoms with Crippen molar-refractivity contribution in [2.45, 2.75) is 32.9 Å². The van der Waals surface area contributed by atoms with Crippen LogP contribution >= 0.6 is 15.9 Å². The molecule has 0 aliphatic carbocycles. The first-order valence-electron chi connectivity index (χ1n) is 5.60. The quantitative estimate of drug-likeness (QED) is 0.908. The van der Waals surface area contributed by atoms with Gasteiger partial charge in [0, 0.05) is 33.7 Å². The number of nitrogens with zero attached hydrogens (tertiary/aromatic N) is 1. The number of aromatic nitrogens is 1. The number of hydrogen-bond acceptors (Lipinski definition) is 1. The Bertz CT molecular complexity index is 502. The lowest BCUT2D eigenvalue weighted by atomic mass is 10.1. The van der Waals surface area contributed by atoms with Gasteiger partial charge in [-0.2, -0.15) is 0 Å². The maximum absolute atomic E-state index is 9.75. The average Bonchev–Trinajstić information content (AvgIpc) is 2.58. The fraction of sp³-hybridized carbons (Fsp3) is 0.385. The van der Waals surface area contributed by atoms with Gasteiger partial charge in [-0.15, -0.1) is 0 Å². The van der Waals surface area contributed by atoms with Gasteiger partial charge in [-0.25, -0.2) is 0 Å². The first-order valence-corrected chi connectivity index (χ1v) is 6.39. The van der Waals surface area contributed by atoms with Crippen LogP contribution in [0.25, 0.3) is 10.9 Å². The first-order chi connectivity index (χ1) is 7.63. The van der Waals surface area contributed by atoms with Gasteiger partial charge >= 0.3 is 0 Å². The SMILES string of the molecule is CCCn1cc(C(C)O)c2ccc(Br)cc21. The molecule has 3 heteroatoms. The molecular formula is C13H16BrNO. The highest BCUT2D eigenvalue weighted by Gasteiger charge is 2.11. The van der Waals surface area contributed by atoms with Crippen molar-refractivity contribution < 1.29 is 5.11 Å². The van der Waals surface area contributed by atoms with E-state index in [9.17, 15) is 5.11 Å². The third-order valence-electron chi connectivity index (χ3n) is 2.79. The number of benzene rings is 1. The zero-order valence-corrected chi connectivity index (χ0v) is 11.2. The molecule has 0 saturated heterocycles. The van der Waals surface area contributed by atoms with Crippen molar-refractivity contribution in [2.75, 3.05) is 0 Å². The Morgan fingerprint density at radius 1 is 1.44 bits per heavy atom. The average molecular weight is 282 g/mol. The number of aryl methyl sites for hydroxylation is 1. The van der Waals surface area contributed by atoms with Gasteiger partial charge in [-0.1, -0.05) is 28.9 Å². The van der Waals surface area contributed by atoms with E-state index in [0.29, 0.717) is 0 Å². The molecule has 2 nitrogen and oxygen atoms in total. The molecule has 1 aromatic heterocycles. The van der Waals surface area contributed by atoms with Gasteiger partial charge < -0.3 is 9.67 Å². The third-order valence-corrected chi connectivity index (χ3v) is 3.28. The van der Waals surface area contributed by atoms with Crippen LogP contribution in [0.3, 0.4) is 0 Å². The minimum absolute atomic E-state index is 0.415. The maximum atomic E-state index is 9.75. The summed E-state index contributed by atoms with van der Waals surface area (Å²) in [7, 11) is 0. The van der Waals surface area contributed by atoms with Crippen LogP contribution in [0, 0.1) is 0 Å². The molecule has 1 atom stereocenters. The Balaban J connectivity index is 2.66. The standard InChI is InChI=1S/C13H16BrNO/c1-3-6-15-8-12(9(2)16)11-5-4-10(14)7-13(11)15/h4-5,7-9,16H,3,6H2,1-2H3. The number of aliphatic hydroxyl groups excluding tert-OH is 1. The number of halogens is 1. The summed E-state index contributed by atoms with van der Waals surface area (Å²) in [5, 5.41) is 10.9. The monoisotopic (exact) mass is 281 g/mol. The summed E-state index contributed by atoms with van der Waals surface area (Å²) in [5.41, 5.74) is 2.20. The van der Waals surface area contributed by atoms with Crippen molar-refractivity contribution >= 4 is 26.8 Å². The highest BCUT2D eigenvalue weighted by Crippen LogP contribution is 2.29. The molecule has 0 aliphatic rings. The van der Waals surface area contributed by atoms with Crippen LogP contribution in [0.4, 0.5) is 0 Å². The number of hydrogen-bond donors (Lipinski definition) is 1. The largest absolute Gasteiger partial charge is 0.389 e. The van der Waals surface area contributed by atoms with E-state index in [2.05, 4.69) is 45.8 Å². The molecular weight excluding hydrogens is 266 g/mol. The third kappa shape index (κ3) is 2.02. The normalized spacial score (nSPS) is 13.2. The molecule has 1 heterocycles. The highest BCUT2D eigenvalue weighted by molar-refractivity contribution is 9.10. The van der Waals surface area contributed by atoms with Gasteiger partial charge in [-0.05, 0) is 25.5 Å². The molecule has 0 aliphatic heterocycles. The molecule has 0 fully saturated rings. The molecule has 0 radical (unpaired) electrons. The van der Waals surface area contributed by atoms with Gasteiger partial charge in [0.25, 0.3) is 0 Å². The van der Waals surface area contributed by atoms with Gasteiger partial charge in [0.2, 0.25) is 0 Å². The fourth-order valence-corrected chi connectivity index (χ4v) is 2.40. The van der Waals surface area contributed by atoms with E-state index in [1.165, 1.54) is 5.52 Å². The lowest BCUT2D eigenvalue weighted by Gasteiger charge is -2.02. The lowest BCUT2D eigenvalue weighted by molar-refractivity contribution is 0.200. The highest BCUT2D eigenvalue weighted by atomic mass is 79.9. The maximum Gasteiger partial charge on any atom is 0.0782 e. The molecule has 1 unspecified atom stereocenters. The molecule has 1 aromatic carbocycles. The Kier molecular flexibility index (Phi) is 3.36. The summed E-state index contributed by atoms with van der Waals surface area (Å²) in [6, 6.07) is 6.19. The predicted octanol–water partition coefficient (Wildman–Crippen LogP) is 3.87. The summed E-state index contributed by atoms with van der Waals surface area (Å²) in [5.74, 6) is 0. The van der Waals surface area contributed by atoms with Crippen molar-refractivity contribution in [1.29, 1.82) is 0 Å². The topological polar surface area (TPSA) is 25.2 Å². The fourth-order valence-electron chi connectivity index (χ4n) is 2.05. The number of aliphatic hydroxyl groups is 1. The molecule has 16 heavy (non-hydrogen) atoms. The Hall–Kier alpha value is -0.800. The minimum Gasteiger partial charge on any atom is -0.389 e. The summed E-state index contributed by atoms with van der Waals surface area (Å²) in [6.07, 6.45) is 2.74. The van der Waals surface area contributed by atoms with E-state index in [0.717, 1.165) is 28.4 Å². The van der Waals surface area contributed by atoms with Crippen LogP contribution in [0.15, 0.2) is 28.9 Å². The van der Waals surface area contributed by atoms with Crippen LogP contribution in [0.1, 0.15) is 31.9 Å². The summed E-state index contributed by atoms with van der Waals surface area (Å²) >= 11 is 3.49. The zero-order valence-electron chi connectivity index (χ0n) is 9.57. The summed E-state index contributed by atoms with van der Waals surface area (Å²) in [6.45, 7) is 4.96. The van der Waals surface area contributed by atoms with Crippen LogP contribution < -0.4 is 0 Å². The van der Waals surface area contributed by atoms with E-state index in [-0.39, 0.29) is 0 Å². The molecule has 1 N–H and O–H groups in total. The van der Waals surface area contributed by atoms with Gasteiger partial charge in [0.05, 0.1) is 6.10 Å². The number of rotatable bonds is 3. The Labute approximate surface area is 104 Å². The molecule has 86 valence electrons. The van der Waals surface area contributed by atoms with E-state index in [1.54, 1.807) is 0 Å². The number of fused-ring (bicyclic) bond motifs is 1. The lowest BCUT2D eigenvalue weighted by Crippen LogP contribution is -1.94. The van der Waals surface area contributed by atoms with Crippen LogP contribution in [0.5, 0.6) is 0 Å². The van der Waals surface area contributed by atoms with E-state index >= 15 is 0 Å². The van der Waals surface area contributed by atoms with Gasteiger partial charge in [-0.3, -0.25) is 0 Å². The first kappa shape index (κ1) is 11.7. The van der Waals surface area contributed by atoms with E-state index in [4.69, 9.17) is 0 Å². The molecule has 0 spiro atoms. The van der Waals surface area contributed by atoms with Crippen LogP contribution in [-0.4, -0.2) is 9.67 Å². The zero-order chi connectivity index (χ0) is 11.7. The van der Waals surface area contributed by atoms with Gasteiger partial charge in [0.1, 0.15) is 0 Å². The summed E-state index contributed by atoms with van der Waals surface area (Å²) in [4.78, 5) is 0. The van der Waals surface area contributed by atoms with E-state index < -0.39 is 6.10 Å². The van der Waals surface area contributed by atoms with Gasteiger partial charge in [0.15, 0.2) is 0 Å². The Morgan fingerprint density at radius 2 is 2.19 bits per heavy atom. The second-order valence-electron chi connectivity index (χ2n) is 4.12. The van der Waals surface area contributed by atoms with Crippen molar-refractivity contribution in [1.82, 2.24) is 4.57 Å². The molecule has 0 bridgehead atoms. The molecule has 2 aromatic rings. The molecule has 0 amide bonds. The van der Waals surface area contributed by atoms with Crippen molar-refractivity contribution in [3.8, 4) is 0 Å². The minimum atomic E-state index is -0.415. The smallest absolute Gasteiger partial charge is 0.0782 e. The van der Waals surface area contributed by atoms with Crippen molar-refractivity contribution in [3.63, 3.8) is 0 Å².